The van der Waals surface area contributed by atoms with Crippen molar-refractivity contribution in [1.82, 2.24) is 15.5 Å². The lowest BCUT2D eigenvalue weighted by Gasteiger charge is -2.31. The van der Waals surface area contributed by atoms with E-state index in [0.29, 0.717) is 25.5 Å². The van der Waals surface area contributed by atoms with E-state index in [4.69, 9.17) is 5.11 Å². The summed E-state index contributed by atoms with van der Waals surface area (Å²) >= 11 is 0. The first-order chi connectivity index (χ1) is 7.67. The number of carbonyl (C=O) groups is 1. The maximum Gasteiger partial charge on any atom is 0.222 e. The van der Waals surface area contributed by atoms with E-state index < -0.39 is 0 Å². The van der Waals surface area contributed by atoms with Gasteiger partial charge in [0.25, 0.3) is 0 Å². The number of nitrogens with zero attached hydrogens (tertiary/aromatic N) is 2. The first-order valence-electron chi connectivity index (χ1n) is 5.49. The van der Waals surface area contributed by atoms with Crippen LogP contribution in [-0.2, 0) is 4.79 Å². The highest BCUT2D eigenvalue weighted by Gasteiger charge is 2.23. The number of aliphatic hydroxyl groups is 1. The molecule has 1 fully saturated rings. The summed E-state index contributed by atoms with van der Waals surface area (Å²) in [5.41, 5.74) is 0. The lowest BCUT2D eigenvalue weighted by Crippen LogP contribution is -2.52. The number of hydrogen-bond acceptors (Lipinski definition) is 3. The molecule has 1 saturated heterocycles. The second-order valence-corrected chi connectivity index (χ2v) is 3.88. The molecule has 17 heavy (non-hydrogen) atoms. The first kappa shape index (κ1) is 16.4. The minimum Gasteiger partial charge on any atom is -0.395 e. The molecule has 6 nitrogen and oxygen atoms in total. The highest BCUT2D eigenvalue weighted by Crippen LogP contribution is 2.09. The van der Waals surface area contributed by atoms with Crippen molar-refractivity contribution in [2.75, 3.05) is 33.8 Å². The summed E-state index contributed by atoms with van der Waals surface area (Å²) in [6, 6.07) is 0.229. The van der Waals surface area contributed by atoms with E-state index >= 15 is 0 Å². The molecule has 1 aliphatic rings. The van der Waals surface area contributed by atoms with Crippen molar-refractivity contribution in [2.45, 2.75) is 18.9 Å². The van der Waals surface area contributed by atoms with Crippen molar-refractivity contribution in [3.8, 4) is 0 Å². The van der Waals surface area contributed by atoms with Gasteiger partial charge in [-0.25, -0.2) is 0 Å². The summed E-state index contributed by atoms with van der Waals surface area (Å²) in [5, 5.41) is 14.9. The number of guanidine groups is 1. The zero-order valence-electron chi connectivity index (χ0n) is 10.3. The van der Waals surface area contributed by atoms with Crippen LogP contribution in [0.2, 0.25) is 0 Å². The Morgan fingerprint density at radius 3 is 2.88 bits per heavy atom. The van der Waals surface area contributed by atoms with Crippen molar-refractivity contribution in [2.24, 2.45) is 4.99 Å². The zero-order chi connectivity index (χ0) is 12.0. The van der Waals surface area contributed by atoms with Gasteiger partial charge in [0.1, 0.15) is 0 Å². The number of aliphatic imine (C=N–C) groups is 1. The van der Waals surface area contributed by atoms with E-state index in [-0.39, 0.29) is 42.5 Å². The molecule has 0 spiro atoms. The van der Waals surface area contributed by atoms with Gasteiger partial charge in [0, 0.05) is 39.6 Å². The van der Waals surface area contributed by atoms with Gasteiger partial charge in [-0.3, -0.25) is 9.79 Å². The molecule has 0 bridgehead atoms. The Hall–Kier alpha value is -0.570. The average Bonchev–Trinajstić information content (AvgIpc) is 2.29. The van der Waals surface area contributed by atoms with E-state index in [1.165, 1.54) is 0 Å². The number of likely N-dealkylation sites (N-methyl/N-ethyl adjacent to an activating group) is 1. The normalized spacial score (nSPS) is 20.9. The lowest BCUT2D eigenvalue weighted by atomic mass is 10.1. The molecule has 100 valence electrons. The number of amides is 1. The van der Waals surface area contributed by atoms with E-state index in [1.54, 1.807) is 19.0 Å². The van der Waals surface area contributed by atoms with Gasteiger partial charge in [-0.15, -0.1) is 24.0 Å². The molecule has 0 saturated carbocycles. The number of rotatable bonds is 3. The monoisotopic (exact) mass is 356 g/mol. The Morgan fingerprint density at radius 1 is 1.65 bits per heavy atom. The molecule has 1 rings (SSSR count). The molecule has 0 aromatic carbocycles. The third kappa shape index (κ3) is 5.53. The van der Waals surface area contributed by atoms with Crippen LogP contribution in [0.5, 0.6) is 0 Å². The van der Waals surface area contributed by atoms with Crippen LogP contribution in [0.15, 0.2) is 4.99 Å². The molecule has 1 heterocycles. The van der Waals surface area contributed by atoms with E-state index in [0.717, 1.165) is 6.42 Å². The highest BCUT2D eigenvalue weighted by molar-refractivity contribution is 14.0. The Balaban J connectivity index is 0.00000256. The molecular weight excluding hydrogens is 335 g/mol. The largest absolute Gasteiger partial charge is 0.395 e. The minimum absolute atomic E-state index is 0. The Kier molecular flexibility index (Phi) is 8.23. The number of aliphatic hydroxyl groups excluding tert-OH is 1. The zero-order valence-corrected chi connectivity index (χ0v) is 12.6. The molecule has 3 N–H and O–H groups in total. The SMILES string of the molecule is CN=C(NCCO)NC1CCC(=O)N(C)C1.I. The number of hydrogen-bond donors (Lipinski definition) is 3. The van der Waals surface area contributed by atoms with Crippen LogP contribution in [-0.4, -0.2) is 61.7 Å². The predicted molar refractivity (Wildman–Crippen MR) is 77.7 cm³/mol. The standard InChI is InChI=1S/C10H20N4O2.HI/c1-11-10(12-5-6-15)13-8-3-4-9(16)14(2)7-8;/h8,15H,3-7H2,1-2H3,(H2,11,12,13);1H. The van der Waals surface area contributed by atoms with Crippen LogP contribution in [0.4, 0.5) is 0 Å². The summed E-state index contributed by atoms with van der Waals surface area (Å²) in [5.74, 6) is 0.859. The fourth-order valence-electron chi connectivity index (χ4n) is 1.69. The fourth-order valence-corrected chi connectivity index (χ4v) is 1.69. The van der Waals surface area contributed by atoms with Crippen LogP contribution in [0, 0.1) is 0 Å². The first-order valence-corrected chi connectivity index (χ1v) is 5.49. The number of carbonyl (C=O) groups excluding carboxylic acids is 1. The molecular formula is C10H21IN4O2. The molecule has 0 radical (unpaired) electrons. The maximum atomic E-state index is 11.3. The summed E-state index contributed by atoms with van der Waals surface area (Å²) < 4.78 is 0. The fraction of sp³-hybridized carbons (Fsp3) is 0.800. The molecule has 1 aliphatic heterocycles. The number of halogens is 1. The number of nitrogens with one attached hydrogen (secondary N) is 2. The average molecular weight is 356 g/mol. The van der Waals surface area contributed by atoms with Crippen molar-refractivity contribution >= 4 is 35.8 Å². The van der Waals surface area contributed by atoms with Gasteiger partial charge >= 0.3 is 0 Å². The van der Waals surface area contributed by atoms with E-state index in [9.17, 15) is 4.79 Å². The highest BCUT2D eigenvalue weighted by atomic mass is 127. The third-order valence-corrected chi connectivity index (χ3v) is 2.60. The third-order valence-electron chi connectivity index (χ3n) is 2.60. The minimum atomic E-state index is 0. The van der Waals surface area contributed by atoms with Gasteiger partial charge in [0.15, 0.2) is 5.96 Å². The van der Waals surface area contributed by atoms with Gasteiger partial charge < -0.3 is 20.6 Å². The van der Waals surface area contributed by atoms with Crippen LogP contribution >= 0.6 is 24.0 Å². The van der Waals surface area contributed by atoms with E-state index in [1.807, 2.05) is 0 Å². The smallest absolute Gasteiger partial charge is 0.222 e. The Labute approximate surface area is 119 Å². The van der Waals surface area contributed by atoms with Crippen molar-refractivity contribution in [3.63, 3.8) is 0 Å². The van der Waals surface area contributed by atoms with Gasteiger partial charge in [0.2, 0.25) is 5.91 Å². The van der Waals surface area contributed by atoms with Crippen LogP contribution in [0.3, 0.4) is 0 Å². The maximum absolute atomic E-state index is 11.3. The van der Waals surface area contributed by atoms with E-state index in [2.05, 4.69) is 15.6 Å². The van der Waals surface area contributed by atoms with Crippen molar-refractivity contribution in [1.29, 1.82) is 0 Å². The molecule has 0 aromatic heterocycles. The Morgan fingerprint density at radius 2 is 2.35 bits per heavy atom. The van der Waals surface area contributed by atoms with Crippen molar-refractivity contribution < 1.29 is 9.90 Å². The van der Waals surface area contributed by atoms with Gasteiger partial charge in [-0.1, -0.05) is 0 Å². The van der Waals surface area contributed by atoms with Gasteiger partial charge in [-0.2, -0.15) is 0 Å². The summed E-state index contributed by atoms with van der Waals surface area (Å²) in [6.45, 7) is 1.24. The number of likely N-dealkylation sites (tertiary alicyclic amines) is 1. The van der Waals surface area contributed by atoms with Gasteiger partial charge in [0.05, 0.1) is 6.61 Å². The molecule has 7 heteroatoms. The molecule has 0 aliphatic carbocycles. The summed E-state index contributed by atoms with van der Waals surface area (Å²) in [4.78, 5) is 17.1. The molecule has 0 aromatic rings. The molecule has 1 unspecified atom stereocenters. The lowest BCUT2D eigenvalue weighted by molar-refractivity contribution is -0.132. The second kappa shape index (κ2) is 8.51. The molecule has 1 atom stereocenters. The predicted octanol–water partition coefficient (Wildman–Crippen LogP) is -0.618. The van der Waals surface area contributed by atoms with Crippen LogP contribution in [0.25, 0.3) is 0 Å². The van der Waals surface area contributed by atoms with Crippen LogP contribution in [0.1, 0.15) is 12.8 Å². The quantitative estimate of drug-likeness (QED) is 0.358. The Bertz CT molecular complexity index is 273. The number of piperidine rings is 1. The van der Waals surface area contributed by atoms with Crippen LogP contribution < -0.4 is 10.6 Å². The van der Waals surface area contributed by atoms with Gasteiger partial charge in [-0.05, 0) is 6.42 Å². The molecule has 1 amide bonds. The summed E-state index contributed by atoms with van der Waals surface area (Å²) in [7, 11) is 3.49. The van der Waals surface area contributed by atoms with Crippen molar-refractivity contribution in [3.05, 3.63) is 0 Å². The summed E-state index contributed by atoms with van der Waals surface area (Å²) in [6.07, 6.45) is 1.40. The topological polar surface area (TPSA) is 77.0 Å². The second-order valence-electron chi connectivity index (χ2n) is 3.88.